The molecule has 0 aliphatic rings. The number of pyridine rings is 1. The van der Waals surface area contributed by atoms with Gasteiger partial charge in [0.15, 0.2) is 5.75 Å². The molecule has 0 fully saturated rings. The first kappa shape index (κ1) is 7.72. The van der Waals surface area contributed by atoms with E-state index in [0.29, 0.717) is 22.5 Å². The number of nitrogen functional groups attached to an aromatic ring is 1. The molecular weight excluding hydrogens is 168 g/mol. The van der Waals surface area contributed by atoms with Crippen LogP contribution < -0.4 is 5.73 Å². The summed E-state index contributed by atoms with van der Waals surface area (Å²) in [5, 5.41) is 9.99. The molecule has 5 heteroatoms. The first-order valence-electron chi connectivity index (χ1n) is 3.75. The van der Waals surface area contributed by atoms with Crippen LogP contribution >= 0.6 is 0 Å². The average molecular weight is 176 g/mol. The number of anilines is 1. The summed E-state index contributed by atoms with van der Waals surface area (Å²) < 4.78 is 0. The largest absolute Gasteiger partial charge is 0.504 e. The number of nitrogens with two attached hydrogens (primary N) is 1. The van der Waals surface area contributed by atoms with Crippen molar-refractivity contribution in [2.24, 2.45) is 0 Å². The molecule has 0 unspecified atom stereocenters. The van der Waals surface area contributed by atoms with Gasteiger partial charge in [0.25, 0.3) is 0 Å². The van der Waals surface area contributed by atoms with Crippen LogP contribution in [0.25, 0.3) is 10.9 Å². The molecule has 3 N–H and O–H groups in total. The maximum Gasteiger partial charge on any atom is 0.160 e. The van der Waals surface area contributed by atoms with E-state index in [-0.39, 0.29) is 5.75 Å². The van der Waals surface area contributed by atoms with Crippen LogP contribution in [0.3, 0.4) is 0 Å². The van der Waals surface area contributed by atoms with Crippen molar-refractivity contribution in [3.63, 3.8) is 0 Å². The van der Waals surface area contributed by atoms with Gasteiger partial charge in [-0.15, -0.1) is 0 Å². The molecule has 0 aromatic carbocycles. The molecule has 0 saturated carbocycles. The van der Waals surface area contributed by atoms with Gasteiger partial charge in [-0.05, 0) is 6.92 Å². The smallest absolute Gasteiger partial charge is 0.160 e. The molecule has 2 rings (SSSR count). The number of rotatable bonds is 0. The molecule has 0 atom stereocenters. The van der Waals surface area contributed by atoms with Gasteiger partial charge in [-0.2, -0.15) is 0 Å². The number of hydrogen-bond donors (Lipinski definition) is 2. The second kappa shape index (κ2) is 2.55. The lowest BCUT2D eigenvalue weighted by Crippen LogP contribution is -1.97. The van der Waals surface area contributed by atoms with Gasteiger partial charge < -0.3 is 10.8 Å². The fraction of sp³-hybridized carbons (Fsp3) is 0.125. The van der Waals surface area contributed by atoms with E-state index < -0.39 is 0 Å². The van der Waals surface area contributed by atoms with Gasteiger partial charge in [-0.25, -0.2) is 9.97 Å². The van der Waals surface area contributed by atoms with Crippen molar-refractivity contribution in [2.45, 2.75) is 6.92 Å². The van der Waals surface area contributed by atoms with E-state index in [2.05, 4.69) is 15.0 Å². The van der Waals surface area contributed by atoms with Crippen molar-refractivity contribution in [1.29, 1.82) is 0 Å². The Bertz CT molecular complexity index is 469. The number of hydrogen-bond acceptors (Lipinski definition) is 5. The number of aryl methyl sites for hydroxylation is 1. The lowest BCUT2D eigenvalue weighted by molar-refractivity contribution is 0.477. The zero-order valence-electron chi connectivity index (χ0n) is 7.02. The number of fused-ring (bicyclic) bond motifs is 1. The second-order valence-corrected chi connectivity index (χ2v) is 2.71. The predicted octanol–water partition coefficient (Wildman–Crippen LogP) is 0.621. The van der Waals surface area contributed by atoms with Crippen molar-refractivity contribution >= 4 is 16.7 Å². The highest BCUT2D eigenvalue weighted by atomic mass is 16.3. The van der Waals surface area contributed by atoms with Crippen LogP contribution in [0.2, 0.25) is 0 Å². The Labute approximate surface area is 74.3 Å². The number of aromatic hydroxyl groups is 1. The summed E-state index contributed by atoms with van der Waals surface area (Å²) in [5.74, 6) is 0.895. The van der Waals surface area contributed by atoms with E-state index in [4.69, 9.17) is 5.73 Å². The van der Waals surface area contributed by atoms with Gasteiger partial charge in [0.1, 0.15) is 17.2 Å². The highest BCUT2D eigenvalue weighted by Crippen LogP contribution is 2.23. The van der Waals surface area contributed by atoms with Gasteiger partial charge in [0, 0.05) is 6.20 Å². The lowest BCUT2D eigenvalue weighted by Gasteiger charge is -2.02. The molecule has 0 aliphatic heterocycles. The molecule has 13 heavy (non-hydrogen) atoms. The topological polar surface area (TPSA) is 84.9 Å². The Hall–Kier alpha value is -1.91. The molecule has 2 aromatic heterocycles. The van der Waals surface area contributed by atoms with Gasteiger partial charge in [-0.3, -0.25) is 4.98 Å². The van der Waals surface area contributed by atoms with Crippen LogP contribution in [0.15, 0.2) is 12.4 Å². The van der Waals surface area contributed by atoms with Gasteiger partial charge in [0.05, 0.1) is 11.6 Å². The number of aromatic nitrogens is 3. The minimum absolute atomic E-state index is 0.0229. The molecule has 0 aliphatic carbocycles. The van der Waals surface area contributed by atoms with Crippen LogP contribution in [0, 0.1) is 6.92 Å². The summed E-state index contributed by atoms with van der Waals surface area (Å²) in [7, 11) is 0. The molecule has 0 radical (unpaired) electrons. The molecule has 0 amide bonds. The van der Waals surface area contributed by atoms with E-state index in [0.717, 1.165) is 0 Å². The summed E-state index contributed by atoms with van der Waals surface area (Å²) in [4.78, 5) is 11.8. The first-order chi connectivity index (χ1) is 6.18. The Morgan fingerprint density at radius 1 is 1.31 bits per heavy atom. The summed E-state index contributed by atoms with van der Waals surface area (Å²) in [6.07, 6.45) is 2.86. The maximum absolute atomic E-state index is 9.41. The van der Waals surface area contributed by atoms with Crippen molar-refractivity contribution in [1.82, 2.24) is 15.0 Å². The number of nitrogens with zero attached hydrogens (tertiary/aromatic N) is 3. The highest BCUT2D eigenvalue weighted by molar-refractivity contribution is 5.90. The highest BCUT2D eigenvalue weighted by Gasteiger charge is 2.06. The minimum Gasteiger partial charge on any atom is -0.504 e. The molecule has 2 heterocycles. The van der Waals surface area contributed by atoms with Crippen LogP contribution in [0.4, 0.5) is 5.82 Å². The van der Waals surface area contributed by atoms with Crippen molar-refractivity contribution in [3.05, 3.63) is 18.2 Å². The standard InChI is InChI=1S/C8H8N4O/c1-4-11-7-5(8(9)12-4)2-10-3-6(7)13/h2-3,13H,1H3,(H2,9,11,12). The average Bonchev–Trinajstić information content (AvgIpc) is 2.07. The molecule has 66 valence electrons. The van der Waals surface area contributed by atoms with Gasteiger partial charge in [-0.1, -0.05) is 0 Å². The van der Waals surface area contributed by atoms with Crippen LogP contribution in [-0.4, -0.2) is 20.1 Å². The van der Waals surface area contributed by atoms with E-state index in [1.165, 1.54) is 12.4 Å². The van der Waals surface area contributed by atoms with E-state index in [9.17, 15) is 5.11 Å². The molecule has 0 spiro atoms. The summed E-state index contributed by atoms with van der Waals surface area (Å²) in [6.45, 7) is 1.72. The maximum atomic E-state index is 9.41. The van der Waals surface area contributed by atoms with Crippen molar-refractivity contribution < 1.29 is 5.11 Å². The SMILES string of the molecule is Cc1nc(N)c2cncc(O)c2n1. The Morgan fingerprint density at radius 2 is 2.08 bits per heavy atom. The van der Waals surface area contributed by atoms with E-state index >= 15 is 0 Å². The van der Waals surface area contributed by atoms with Crippen molar-refractivity contribution in [2.75, 3.05) is 5.73 Å². The van der Waals surface area contributed by atoms with E-state index in [1.807, 2.05) is 0 Å². The Morgan fingerprint density at radius 3 is 2.85 bits per heavy atom. The molecule has 2 aromatic rings. The molecular formula is C8H8N4O. The van der Waals surface area contributed by atoms with Crippen molar-refractivity contribution in [3.8, 4) is 5.75 Å². The quantitative estimate of drug-likeness (QED) is 0.614. The van der Waals surface area contributed by atoms with Gasteiger partial charge in [0.2, 0.25) is 0 Å². The Balaban J connectivity index is 2.94. The normalized spacial score (nSPS) is 10.5. The third-order valence-electron chi connectivity index (χ3n) is 1.73. The zero-order valence-corrected chi connectivity index (χ0v) is 7.02. The molecule has 0 bridgehead atoms. The summed E-state index contributed by atoms with van der Waals surface area (Å²) >= 11 is 0. The summed E-state index contributed by atoms with van der Waals surface area (Å²) in [6, 6.07) is 0. The predicted molar refractivity (Wildman–Crippen MR) is 48.1 cm³/mol. The fourth-order valence-corrected chi connectivity index (χ4v) is 1.17. The molecule has 5 nitrogen and oxygen atoms in total. The second-order valence-electron chi connectivity index (χ2n) is 2.71. The third kappa shape index (κ3) is 1.14. The lowest BCUT2D eigenvalue weighted by atomic mass is 10.3. The monoisotopic (exact) mass is 176 g/mol. The third-order valence-corrected chi connectivity index (χ3v) is 1.73. The molecule has 0 saturated heterocycles. The zero-order chi connectivity index (χ0) is 9.42. The minimum atomic E-state index is 0.0229. The van der Waals surface area contributed by atoms with Crippen LogP contribution in [0.1, 0.15) is 5.82 Å². The van der Waals surface area contributed by atoms with Gasteiger partial charge >= 0.3 is 0 Å². The Kier molecular flexibility index (Phi) is 1.51. The summed E-state index contributed by atoms with van der Waals surface area (Å²) in [5.41, 5.74) is 6.07. The van der Waals surface area contributed by atoms with E-state index in [1.54, 1.807) is 6.92 Å². The van der Waals surface area contributed by atoms with Crippen LogP contribution in [-0.2, 0) is 0 Å². The first-order valence-corrected chi connectivity index (χ1v) is 3.75. The van der Waals surface area contributed by atoms with Crippen LogP contribution in [0.5, 0.6) is 5.75 Å². The fourth-order valence-electron chi connectivity index (χ4n) is 1.17.